The molecule has 7 nitrogen and oxygen atoms in total. The van der Waals surface area contributed by atoms with E-state index in [1.807, 2.05) is 0 Å². The lowest BCUT2D eigenvalue weighted by molar-refractivity contribution is 0.884. The van der Waals surface area contributed by atoms with E-state index >= 15 is 0 Å². The first-order valence-corrected chi connectivity index (χ1v) is 6.84. The third-order valence-corrected chi connectivity index (χ3v) is 3.36. The zero-order chi connectivity index (χ0) is 14.7. The molecule has 2 aromatic rings. The van der Waals surface area contributed by atoms with Crippen LogP contribution in [-0.4, -0.2) is 40.1 Å². The largest absolute Gasteiger partial charge is 0.357 e. The number of anilines is 2. The van der Waals surface area contributed by atoms with Gasteiger partial charge in [-0.25, -0.2) is 0 Å². The average Bonchev–Trinajstić information content (AvgIpc) is 3.09. The molecule has 0 aliphatic carbocycles. The highest BCUT2D eigenvalue weighted by Gasteiger charge is 2.17. The first-order valence-electron chi connectivity index (χ1n) is 6.84. The number of pyridine rings is 1. The van der Waals surface area contributed by atoms with Gasteiger partial charge in [0.05, 0.1) is 5.56 Å². The van der Waals surface area contributed by atoms with Gasteiger partial charge in [-0.2, -0.15) is 20.2 Å². The van der Waals surface area contributed by atoms with Gasteiger partial charge in [-0.1, -0.05) is 0 Å². The van der Waals surface area contributed by atoms with Crippen LogP contribution in [0.15, 0.2) is 18.5 Å². The summed E-state index contributed by atoms with van der Waals surface area (Å²) in [5.41, 5.74) is 1.20. The Labute approximate surface area is 122 Å². The van der Waals surface area contributed by atoms with Gasteiger partial charge in [0, 0.05) is 38.1 Å². The fourth-order valence-corrected chi connectivity index (χ4v) is 2.29. The highest BCUT2D eigenvalue weighted by atomic mass is 15.3. The molecule has 106 valence electrons. The fourth-order valence-electron chi connectivity index (χ4n) is 2.29. The maximum Gasteiger partial charge on any atom is 0.230 e. The maximum absolute atomic E-state index is 8.97. The van der Waals surface area contributed by atoms with Gasteiger partial charge in [-0.3, -0.25) is 4.98 Å². The van der Waals surface area contributed by atoms with E-state index in [-0.39, 0.29) is 0 Å². The highest BCUT2D eigenvalue weighted by molar-refractivity contribution is 5.59. The SMILES string of the molecule is CNc1nc(-c2cncc(C#N)c2)nc(N2CCCC2)n1. The van der Waals surface area contributed by atoms with Crippen molar-refractivity contribution in [2.24, 2.45) is 0 Å². The summed E-state index contributed by atoms with van der Waals surface area (Å²) < 4.78 is 0. The quantitative estimate of drug-likeness (QED) is 0.910. The number of hydrogen-bond donors (Lipinski definition) is 1. The zero-order valence-electron chi connectivity index (χ0n) is 11.7. The molecule has 0 spiro atoms. The van der Waals surface area contributed by atoms with Crippen molar-refractivity contribution in [1.82, 2.24) is 19.9 Å². The minimum atomic E-state index is 0.488. The number of aromatic nitrogens is 4. The predicted octanol–water partition coefficient (Wildman–Crippen LogP) is 1.45. The topological polar surface area (TPSA) is 90.6 Å². The molecular formula is C14H15N7. The molecule has 3 rings (SSSR count). The third kappa shape index (κ3) is 2.74. The van der Waals surface area contributed by atoms with Gasteiger partial charge in [-0.15, -0.1) is 0 Å². The van der Waals surface area contributed by atoms with Crippen LogP contribution in [0.25, 0.3) is 11.4 Å². The van der Waals surface area contributed by atoms with Crippen molar-refractivity contribution in [2.75, 3.05) is 30.4 Å². The molecule has 7 heteroatoms. The standard InChI is InChI=1S/C14H15N7/c1-16-13-18-12(11-6-10(7-15)8-17-9-11)19-14(20-13)21-4-2-3-5-21/h6,8-9H,2-5H2,1H3,(H,16,18,19,20). The summed E-state index contributed by atoms with van der Waals surface area (Å²) in [7, 11) is 1.77. The molecule has 1 aliphatic rings. The van der Waals surface area contributed by atoms with Crippen molar-refractivity contribution in [3.05, 3.63) is 24.0 Å². The molecule has 0 atom stereocenters. The summed E-state index contributed by atoms with van der Waals surface area (Å²) in [6.45, 7) is 1.92. The number of nitrogens with zero attached hydrogens (tertiary/aromatic N) is 6. The lowest BCUT2D eigenvalue weighted by Gasteiger charge is -2.16. The van der Waals surface area contributed by atoms with Gasteiger partial charge < -0.3 is 10.2 Å². The van der Waals surface area contributed by atoms with Crippen molar-refractivity contribution >= 4 is 11.9 Å². The molecule has 1 aliphatic heterocycles. The molecule has 0 amide bonds. The maximum atomic E-state index is 8.97. The van der Waals surface area contributed by atoms with E-state index in [4.69, 9.17) is 5.26 Å². The van der Waals surface area contributed by atoms with E-state index in [1.54, 1.807) is 19.3 Å². The van der Waals surface area contributed by atoms with Crippen LogP contribution >= 0.6 is 0 Å². The van der Waals surface area contributed by atoms with Crippen LogP contribution in [0.1, 0.15) is 18.4 Å². The Kier molecular flexibility index (Phi) is 3.60. The molecule has 0 radical (unpaired) electrons. The van der Waals surface area contributed by atoms with Crippen molar-refractivity contribution in [3.63, 3.8) is 0 Å². The van der Waals surface area contributed by atoms with Crippen LogP contribution in [0.4, 0.5) is 11.9 Å². The monoisotopic (exact) mass is 281 g/mol. The van der Waals surface area contributed by atoms with Gasteiger partial charge in [0.2, 0.25) is 11.9 Å². The van der Waals surface area contributed by atoms with E-state index < -0.39 is 0 Å². The summed E-state index contributed by atoms with van der Waals surface area (Å²) in [5.74, 6) is 1.72. The Bertz CT molecular complexity index is 686. The van der Waals surface area contributed by atoms with Crippen LogP contribution < -0.4 is 10.2 Å². The van der Waals surface area contributed by atoms with Crippen LogP contribution in [0.3, 0.4) is 0 Å². The molecular weight excluding hydrogens is 266 g/mol. The van der Waals surface area contributed by atoms with Gasteiger partial charge in [-0.05, 0) is 18.9 Å². The van der Waals surface area contributed by atoms with Gasteiger partial charge in [0.25, 0.3) is 0 Å². The Hall–Kier alpha value is -2.75. The normalized spacial score (nSPS) is 14.0. The van der Waals surface area contributed by atoms with Crippen molar-refractivity contribution < 1.29 is 0 Å². The van der Waals surface area contributed by atoms with Crippen LogP contribution in [0.5, 0.6) is 0 Å². The molecule has 0 bridgehead atoms. The molecule has 21 heavy (non-hydrogen) atoms. The second-order valence-electron chi connectivity index (χ2n) is 4.80. The summed E-state index contributed by atoms with van der Waals surface area (Å²) in [4.78, 5) is 19.5. The number of hydrogen-bond acceptors (Lipinski definition) is 7. The van der Waals surface area contributed by atoms with E-state index in [0.29, 0.717) is 28.8 Å². The summed E-state index contributed by atoms with van der Waals surface area (Å²) in [6, 6.07) is 3.81. The molecule has 0 unspecified atom stereocenters. The molecule has 1 saturated heterocycles. The van der Waals surface area contributed by atoms with Gasteiger partial charge >= 0.3 is 0 Å². The van der Waals surface area contributed by atoms with Crippen molar-refractivity contribution in [2.45, 2.75) is 12.8 Å². The predicted molar refractivity (Wildman–Crippen MR) is 78.8 cm³/mol. The number of nitriles is 1. The minimum absolute atomic E-state index is 0.488. The molecule has 0 saturated carbocycles. The Morgan fingerprint density at radius 2 is 2.00 bits per heavy atom. The van der Waals surface area contributed by atoms with Gasteiger partial charge in [0.15, 0.2) is 5.82 Å². The summed E-state index contributed by atoms with van der Waals surface area (Å²) >= 11 is 0. The van der Waals surface area contributed by atoms with E-state index in [1.165, 1.54) is 6.20 Å². The minimum Gasteiger partial charge on any atom is -0.357 e. The van der Waals surface area contributed by atoms with E-state index in [0.717, 1.165) is 25.9 Å². The Morgan fingerprint density at radius 3 is 2.71 bits per heavy atom. The molecule has 2 aromatic heterocycles. The van der Waals surface area contributed by atoms with E-state index in [2.05, 4.69) is 36.2 Å². The Balaban J connectivity index is 2.04. The second kappa shape index (κ2) is 5.71. The molecule has 1 fully saturated rings. The lowest BCUT2D eigenvalue weighted by Crippen LogP contribution is -2.21. The average molecular weight is 281 g/mol. The van der Waals surface area contributed by atoms with Crippen molar-refractivity contribution in [3.8, 4) is 17.5 Å². The third-order valence-electron chi connectivity index (χ3n) is 3.36. The molecule has 3 heterocycles. The summed E-state index contributed by atoms with van der Waals surface area (Å²) in [5, 5.41) is 11.9. The smallest absolute Gasteiger partial charge is 0.230 e. The van der Waals surface area contributed by atoms with Gasteiger partial charge in [0.1, 0.15) is 6.07 Å². The fraction of sp³-hybridized carbons (Fsp3) is 0.357. The van der Waals surface area contributed by atoms with Crippen LogP contribution in [0.2, 0.25) is 0 Å². The lowest BCUT2D eigenvalue weighted by atomic mass is 10.2. The zero-order valence-corrected chi connectivity index (χ0v) is 11.7. The van der Waals surface area contributed by atoms with Crippen molar-refractivity contribution in [1.29, 1.82) is 5.26 Å². The first-order chi connectivity index (χ1) is 10.3. The Morgan fingerprint density at radius 1 is 1.19 bits per heavy atom. The van der Waals surface area contributed by atoms with Crippen LogP contribution in [-0.2, 0) is 0 Å². The second-order valence-corrected chi connectivity index (χ2v) is 4.80. The number of nitrogens with one attached hydrogen (secondary N) is 1. The summed E-state index contributed by atoms with van der Waals surface area (Å²) in [6.07, 6.45) is 5.48. The molecule has 1 N–H and O–H groups in total. The van der Waals surface area contributed by atoms with E-state index in [9.17, 15) is 0 Å². The molecule has 0 aromatic carbocycles. The first kappa shape index (κ1) is 13.2. The van der Waals surface area contributed by atoms with Crippen LogP contribution in [0, 0.1) is 11.3 Å². The number of rotatable bonds is 3. The highest BCUT2D eigenvalue weighted by Crippen LogP contribution is 2.22.